The molecule has 0 radical (unpaired) electrons. The molecule has 3 aliphatic heterocycles. The van der Waals surface area contributed by atoms with Crippen LogP contribution in [0.3, 0.4) is 0 Å². The summed E-state index contributed by atoms with van der Waals surface area (Å²) in [5.74, 6) is -0.280. The van der Waals surface area contributed by atoms with Gasteiger partial charge in [-0.1, -0.05) is 0 Å². The Hall–Kier alpha value is -1.70. The van der Waals surface area contributed by atoms with E-state index in [4.69, 9.17) is 66.9 Å². The van der Waals surface area contributed by atoms with Crippen LogP contribution in [0.25, 0.3) is 0 Å². The lowest BCUT2D eigenvalue weighted by atomic mass is 9.84. The number of aliphatic hydroxyl groups excluding tert-OH is 7. The summed E-state index contributed by atoms with van der Waals surface area (Å²) in [5.41, 5.74) is 31.0. The highest BCUT2D eigenvalue weighted by atomic mass is 31.2. The molecule has 328 valence electrons. The van der Waals surface area contributed by atoms with Crippen LogP contribution in [0.2, 0.25) is 0 Å². The standard InChI is InChI=1S/C31H56N7O18P/c1-9-19(40)11(10(4-38-9)8-50-57(47,48)49)5-37-6-15-22(43)24(45)18(36)30(52-15)55-27-16(7-39)53-31(25(27)46)56-28-20(41)12(33)2-13(34)26(28)54-29-17(35)23(44)21(42)14(3-32)51-29/h4,12-18,20-31,37,39-46H,2-3,5-8,32-36H2,1H3,(H2,47,48,49)/t12-,13+,14-,15-,16-,17-,18-,20+,21-,22-,23-,24-,25-,26-,27-,28-,29-,30-,31+/m1/s1. The number of aromatic nitrogens is 1. The molecule has 0 bridgehead atoms. The highest BCUT2D eigenvalue weighted by molar-refractivity contribution is 7.46. The Morgan fingerprint density at radius 2 is 1.35 bits per heavy atom. The summed E-state index contributed by atoms with van der Waals surface area (Å²) in [6, 6.07) is -4.53. The third-order valence-corrected chi connectivity index (χ3v) is 11.1. The number of nitrogens with two attached hydrogens (primary N) is 5. The van der Waals surface area contributed by atoms with Gasteiger partial charge in [0.25, 0.3) is 0 Å². The second kappa shape index (κ2) is 19.3. The van der Waals surface area contributed by atoms with Crippen LogP contribution in [0.4, 0.5) is 0 Å². The number of rotatable bonds is 15. The van der Waals surface area contributed by atoms with Gasteiger partial charge in [0.1, 0.15) is 72.9 Å². The van der Waals surface area contributed by atoms with Gasteiger partial charge in [0.05, 0.1) is 37.1 Å². The number of aryl methyl sites for hydroxylation is 1. The lowest BCUT2D eigenvalue weighted by Crippen LogP contribution is -2.68. The Balaban J connectivity index is 1.26. The molecule has 25 nitrogen and oxygen atoms in total. The number of nitrogens with one attached hydrogen (secondary N) is 1. The molecule has 4 fully saturated rings. The van der Waals surface area contributed by atoms with E-state index in [0.29, 0.717) is 0 Å². The van der Waals surface area contributed by atoms with E-state index in [0.717, 1.165) is 0 Å². The van der Waals surface area contributed by atoms with Crippen LogP contribution >= 0.6 is 7.82 Å². The van der Waals surface area contributed by atoms with Gasteiger partial charge in [0.2, 0.25) is 0 Å². The zero-order chi connectivity index (χ0) is 42.1. The van der Waals surface area contributed by atoms with E-state index >= 15 is 0 Å². The zero-order valence-electron chi connectivity index (χ0n) is 30.8. The molecule has 0 amide bonds. The molecule has 1 saturated carbocycles. The topological polar surface area (TPSA) is 439 Å². The van der Waals surface area contributed by atoms with Gasteiger partial charge in [-0.05, 0) is 13.3 Å². The molecule has 0 unspecified atom stereocenters. The minimum atomic E-state index is -4.86. The molecular weight excluding hydrogens is 789 g/mol. The van der Waals surface area contributed by atoms with E-state index < -0.39 is 137 Å². The lowest BCUT2D eigenvalue weighted by Gasteiger charge is -2.47. The van der Waals surface area contributed by atoms with E-state index in [9.17, 15) is 45.4 Å². The van der Waals surface area contributed by atoms with Crippen molar-refractivity contribution in [2.45, 2.75) is 143 Å². The number of phosphoric acid groups is 1. The average molecular weight is 846 g/mol. The molecule has 19 atom stereocenters. The Bertz CT molecular complexity index is 1520. The molecule has 4 heterocycles. The fraction of sp³-hybridized carbons (Fsp3) is 0.839. The van der Waals surface area contributed by atoms with Crippen LogP contribution in [0, 0.1) is 6.92 Å². The van der Waals surface area contributed by atoms with Crippen molar-refractivity contribution in [2.75, 3.05) is 19.7 Å². The van der Waals surface area contributed by atoms with Gasteiger partial charge in [-0.15, -0.1) is 0 Å². The number of aliphatic hydroxyl groups is 7. The van der Waals surface area contributed by atoms with Crippen LogP contribution < -0.4 is 34.0 Å². The normalized spacial score (nSPS) is 43.0. The van der Waals surface area contributed by atoms with Gasteiger partial charge in [0, 0.05) is 49.0 Å². The maximum atomic E-state index is 11.4. The first kappa shape index (κ1) is 46.4. The van der Waals surface area contributed by atoms with Gasteiger partial charge in [-0.25, -0.2) is 4.57 Å². The number of hydrogen-bond acceptors (Lipinski definition) is 23. The smallest absolute Gasteiger partial charge is 0.469 e. The van der Waals surface area contributed by atoms with Gasteiger partial charge in [-0.3, -0.25) is 9.51 Å². The van der Waals surface area contributed by atoms with Crippen molar-refractivity contribution in [2.24, 2.45) is 28.7 Å². The second-order valence-electron chi connectivity index (χ2n) is 14.6. The molecule has 1 aromatic heterocycles. The summed E-state index contributed by atoms with van der Waals surface area (Å²) >= 11 is 0. The fourth-order valence-electron chi connectivity index (χ4n) is 7.22. The number of pyridine rings is 1. The molecule has 57 heavy (non-hydrogen) atoms. The van der Waals surface area contributed by atoms with Crippen molar-refractivity contribution in [3.05, 3.63) is 23.0 Å². The van der Waals surface area contributed by atoms with Crippen molar-refractivity contribution >= 4 is 7.82 Å². The van der Waals surface area contributed by atoms with E-state index in [1.165, 1.54) is 13.1 Å². The summed E-state index contributed by atoms with van der Waals surface area (Å²) in [6.07, 6.45) is -20.2. The van der Waals surface area contributed by atoms with Gasteiger partial charge in [0.15, 0.2) is 18.9 Å². The maximum Gasteiger partial charge on any atom is 0.469 e. The highest BCUT2D eigenvalue weighted by Crippen LogP contribution is 2.38. The monoisotopic (exact) mass is 845 g/mol. The molecular formula is C31H56N7O18P. The zero-order valence-corrected chi connectivity index (χ0v) is 31.7. The summed E-state index contributed by atoms with van der Waals surface area (Å²) in [5, 5.41) is 88.7. The predicted octanol–water partition coefficient (Wildman–Crippen LogP) is -8.05. The van der Waals surface area contributed by atoms with Crippen molar-refractivity contribution in [3.63, 3.8) is 0 Å². The fourth-order valence-corrected chi connectivity index (χ4v) is 7.52. The average Bonchev–Trinajstić information content (AvgIpc) is 3.46. The van der Waals surface area contributed by atoms with Crippen LogP contribution in [0.5, 0.6) is 5.75 Å². The number of hydrogen-bond donors (Lipinski definition) is 16. The molecule has 3 saturated heterocycles. The molecule has 1 aliphatic carbocycles. The predicted molar refractivity (Wildman–Crippen MR) is 188 cm³/mol. The van der Waals surface area contributed by atoms with Gasteiger partial charge >= 0.3 is 7.82 Å². The van der Waals surface area contributed by atoms with E-state index in [2.05, 4.69) is 14.8 Å². The minimum absolute atomic E-state index is 0.0366. The van der Waals surface area contributed by atoms with E-state index in [1.54, 1.807) is 0 Å². The summed E-state index contributed by atoms with van der Waals surface area (Å²) in [6.45, 7) is -0.365. The number of nitrogens with zero attached hydrogens (tertiary/aromatic N) is 1. The van der Waals surface area contributed by atoms with Gasteiger partial charge in [-0.2, -0.15) is 0 Å². The Morgan fingerprint density at radius 3 is 1.95 bits per heavy atom. The first-order valence-corrected chi connectivity index (χ1v) is 19.7. The molecule has 21 N–H and O–H groups in total. The van der Waals surface area contributed by atoms with Crippen molar-refractivity contribution in [1.82, 2.24) is 10.3 Å². The maximum absolute atomic E-state index is 11.4. The molecule has 0 aromatic carbocycles. The van der Waals surface area contributed by atoms with Crippen LogP contribution in [-0.2, 0) is 50.7 Å². The Morgan fingerprint density at radius 1 is 0.789 bits per heavy atom. The van der Waals surface area contributed by atoms with Crippen molar-refractivity contribution in [1.29, 1.82) is 0 Å². The Labute approximate surface area is 326 Å². The molecule has 0 spiro atoms. The van der Waals surface area contributed by atoms with Crippen molar-refractivity contribution in [3.8, 4) is 5.75 Å². The van der Waals surface area contributed by atoms with E-state index in [-0.39, 0.29) is 48.6 Å². The van der Waals surface area contributed by atoms with Crippen LogP contribution in [-0.4, -0.2) is 192 Å². The Kier molecular flexibility index (Phi) is 15.7. The van der Waals surface area contributed by atoms with Crippen LogP contribution in [0.1, 0.15) is 23.2 Å². The summed E-state index contributed by atoms with van der Waals surface area (Å²) < 4.78 is 51.2. The van der Waals surface area contributed by atoms with Gasteiger partial charge < -0.3 is 113 Å². The third-order valence-electron chi connectivity index (χ3n) is 10.6. The number of ether oxygens (including phenoxy) is 6. The largest absolute Gasteiger partial charge is 0.506 e. The third kappa shape index (κ3) is 10.4. The molecule has 4 aliphatic rings. The van der Waals surface area contributed by atoms with Crippen molar-refractivity contribution < 1.29 is 88.1 Å². The second-order valence-corrected chi connectivity index (χ2v) is 15.8. The minimum Gasteiger partial charge on any atom is -0.506 e. The summed E-state index contributed by atoms with van der Waals surface area (Å²) in [7, 11) is -4.86. The summed E-state index contributed by atoms with van der Waals surface area (Å²) in [4.78, 5) is 22.2. The number of phosphoric ester groups is 1. The first-order chi connectivity index (χ1) is 26.8. The van der Waals surface area contributed by atoms with E-state index in [1.807, 2.05) is 0 Å². The SMILES string of the molecule is Cc1ncc(COP(=O)(O)O)c(CNC[C@H]2O[C@H](O[C@H]3[C@@H](O)[C@H](O[C@@H]4[C@@H](O)[C@H](N)C[C@H](N)[C@H]4O[C@H]4O[C@H](CN)[C@@H](O)[C@H](O)[C@H]4N)O[C@@H]3CO)[C@H](N)[C@@H](O)[C@@H]2O)c1O. The van der Waals surface area contributed by atoms with Crippen LogP contribution in [0.15, 0.2) is 6.20 Å². The molecule has 26 heteroatoms. The lowest BCUT2D eigenvalue weighted by molar-refractivity contribution is -0.307. The highest BCUT2D eigenvalue weighted by Gasteiger charge is 2.54. The molecule has 1 aromatic rings. The quantitative estimate of drug-likeness (QED) is 0.0729. The first-order valence-electron chi connectivity index (χ1n) is 18.2. The molecule has 5 rings (SSSR count). The number of aromatic hydroxyl groups is 1.